The summed E-state index contributed by atoms with van der Waals surface area (Å²) in [6.45, 7) is 2.61. The van der Waals surface area contributed by atoms with E-state index in [1.165, 1.54) is 0 Å². The minimum Gasteiger partial charge on any atom is -0.493 e. The molecule has 2 unspecified atom stereocenters. The number of aliphatic hydroxyl groups is 2. The first-order valence-corrected chi connectivity index (χ1v) is 5.95. The molecule has 1 aliphatic heterocycles. The lowest BCUT2D eigenvalue weighted by molar-refractivity contribution is 0.129. The maximum Gasteiger partial charge on any atom is 0.124 e. The van der Waals surface area contributed by atoms with Gasteiger partial charge in [-0.3, -0.25) is 0 Å². The summed E-state index contributed by atoms with van der Waals surface area (Å²) in [5.74, 6) is 1.20. The molecular weight excluding hydrogens is 218 g/mol. The zero-order chi connectivity index (χ0) is 12.3. The Balaban J connectivity index is 2.20. The second-order valence-electron chi connectivity index (χ2n) is 4.53. The van der Waals surface area contributed by atoms with Gasteiger partial charge in [-0.05, 0) is 6.07 Å². The van der Waals surface area contributed by atoms with Crippen molar-refractivity contribution in [3.63, 3.8) is 0 Å². The van der Waals surface area contributed by atoms with Gasteiger partial charge in [0.25, 0.3) is 0 Å². The van der Waals surface area contributed by atoms with Crippen LogP contribution in [0.5, 0.6) is 5.75 Å². The Morgan fingerprint density at radius 2 is 2.06 bits per heavy atom. The van der Waals surface area contributed by atoms with E-state index in [9.17, 15) is 0 Å². The highest BCUT2D eigenvalue weighted by atomic mass is 16.5. The highest BCUT2D eigenvalue weighted by molar-refractivity contribution is 5.38. The number of para-hydroxylation sites is 1. The van der Waals surface area contributed by atoms with E-state index in [0.29, 0.717) is 12.5 Å². The number of ether oxygens (including phenoxy) is 1. The van der Waals surface area contributed by atoms with Gasteiger partial charge in [0, 0.05) is 17.5 Å². The molecule has 0 fully saturated rings. The van der Waals surface area contributed by atoms with Crippen LogP contribution in [0.3, 0.4) is 0 Å². The largest absolute Gasteiger partial charge is 0.493 e. The highest BCUT2D eigenvalue weighted by Gasteiger charge is 2.28. The zero-order valence-corrected chi connectivity index (χ0v) is 9.97. The molecule has 0 radical (unpaired) electrons. The number of fused-ring (bicyclic) bond motifs is 1. The van der Waals surface area contributed by atoms with Crippen LogP contribution in [0.2, 0.25) is 0 Å². The van der Waals surface area contributed by atoms with E-state index in [1.807, 2.05) is 24.3 Å². The minimum absolute atomic E-state index is 0.0667. The van der Waals surface area contributed by atoms with Gasteiger partial charge in [0.05, 0.1) is 25.9 Å². The molecule has 2 atom stereocenters. The second kappa shape index (κ2) is 5.49. The van der Waals surface area contributed by atoms with Crippen LogP contribution in [-0.2, 0) is 0 Å². The average molecular weight is 237 g/mol. The molecule has 1 aliphatic rings. The number of hydrogen-bond donors (Lipinski definition) is 3. The predicted octanol–water partition coefficient (Wildman–Crippen LogP) is 0.699. The lowest BCUT2D eigenvalue weighted by Crippen LogP contribution is -2.43. The average Bonchev–Trinajstić information content (AvgIpc) is 2.38. The Bertz CT molecular complexity index is 365. The topological polar surface area (TPSA) is 61.7 Å². The second-order valence-corrected chi connectivity index (χ2v) is 4.53. The standard InChI is InChI=1S/C13H19NO3/c1-9-8-17-12-5-3-2-4-11(12)13(9)14-10(6-15)7-16/h2-5,9-10,13-16H,6-8H2,1H3. The molecule has 0 bridgehead atoms. The molecule has 17 heavy (non-hydrogen) atoms. The van der Waals surface area contributed by atoms with Gasteiger partial charge in [0.1, 0.15) is 5.75 Å². The van der Waals surface area contributed by atoms with Gasteiger partial charge in [-0.15, -0.1) is 0 Å². The molecule has 0 saturated carbocycles. The molecule has 0 aliphatic carbocycles. The van der Waals surface area contributed by atoms with E-state index in [0.717, 1.165) is 11.3 Å². The van der Waals surface area contributed by atoms with Crippen LogP contribution in [0.1, 0.15) is 18.5 Å². The Morgan fingerprint density at radius 3 is 2.76 bits per heavy atom. The molecular formula is C13H19NO3. The SMILES string of the molecule is CC1COc2ccccc2C1NC(CO)CO. The fourth-order valence-electron chi connectivity index (χ4n) is 2.16. The van der Waals surface area contributed by atoms with Gasteiger partial charge >= 0.3 is 0 Å². The van der Waals surface area contributed by atoms with Gasteiger partial charge in [-0.2, -0.15) is 0 Å². The molecule has 1 heterocycles. The van der Waals surface area contributed by atoms with Gasteiger partial charge in [0.2, 0.25) is 0 Å². The Hall–Kier alpha value is -1.10. The van der Waals surface area contributed by atoms with Crippen molar-refractivity contribution >= 4 is 0 Å². The molecule has 4 nitrogen and oxygen atoms in total. The van der Waals surface area contributed by atoms with Gasteiger partial charge < -0.3 is 20.3 Å². The molecule has 0 aromatic heterocycles. The summed E-state index contributed by atoms with van der Waals surface area (Å²) in [4.78, 5) is 0. The van der Waals surface area contributed by atoms with Crippen LogP contribution in [0, 0.1) is 5.92 Å². The monoisotopic (exact) mass is 237 g/mol. The third-order valence-electron chi connectivity index (χ3n) is 3.18. The first kappa shape index (κ1) is 12.4. The Kier molecular flexibility index (Phi) is 3.99. The third-order valence-corrected chi connectivity index (χ3v) is 3.18. The van der Waals surface area contributed by atoms with E-state index in [4.69, 9.17) is 14.9 Å². The van der Waals surface area contributed by atoms with E-state index in [-0.39, 0.29) is 25.3 Å². The van der Waals surface area contributed by atoms with Crippen molar-refractivity contribution in [3.05, 3.63) is 29.8 Å². The fourth-order valence-corrected chi connectivity index (χ4v) is 2.16. The summed E-state index contributed by atoms with van der Waals surface area (Å²) in [6, 6.07) is 7.72. The molecule has 2 rings (SSSR count). The van der Waals surface area contributed by atoms with Crippen molar-refractivity contribution in [1.29, 1.82) is 0 Å². The predicted molar refractivity (Wildman–Crippen MR) is 64.9 cm³/mol. The quantitative estimate of drug-likeness (QED) is 0.721. The molecule has 1 aromatic rings. The molecule has 1 aromatic carbocycles. The van der Waals surface area contributed by atoms with Crippen LogP contribution in [-0.4, -0.2) is 36.1 Å². The molecule has 94 valence electrons. The number of rotatable bonds is 4. The summed E-state index contributed by atoms with van der Waals surface area (Å²) in [5.41, 5.74) is 1.10. The highest BCUT2D eigenvalue weighted by Crippen LogP contribution is 2.35. The summed E-state index contributed by atoms with van der Waals surface area (Å²) >= 11 is 0. The first-order valence-electron chi connectivity index (χ1n) is 5.95. The molecule has 4 heteroatoms. The number of nitrogens with one attached hydrogen (secondary N) is 1. The maximum atomic E-state index is 9.14. The van der Waals surface area contributed by atoms with Gasteiger partial charge in [-0.25, -0.2) is 0 Å². The Labute approximate surface area is 101 Å². The molecule has 0 saturated heterocycles. The van der Waals surface area contributed by atoms with Crippen molar-refractivity contribution in [3.8, 4) is 5.75 Å². The third kappa shape index (κ3) is 2.60. The summed E-state index contributed by atoms with van der Waals surface area (Å²) < 4.78 is 5.65. The summed E-state index contributed by atoms with van der Waals surface area (Å²) in [7, 11) is 0. The van der Waals surface area contributed by atoms with Gasteiger partial charge in [0.15, 0.2) is 0 Å². The van der Waals surface area contributed by atoms with Crippen molar-refractivity contribution in [2.45, 2.75) is 19.0 Å². The van der Waals surface area contributed by atoms with E-state index in [2.05, 4.69) is 12.2 Å². The van der Waals surface area contributed by atoms with Crippen LogP contribution in [0.15, 0.2) is 24.3 Å². The first-order chi connectivity index (χ1) is 8.26. The van der Waals surface area contributed by atoms with Crippen LogP contribution >= 0.6 is 0 Å². The van der Waals surface area contributed by atoms with Crippen molar-refractivity contribution in [1.82, 2.24) is 5.32 Å². The number of benzene rings is 1. The normalized spacial score (nSPS) is 23.3. The van der Waals surface area contributed by atoms with Crippen molar-refractivity contribution in [2.24, 2.45) is 5.92 Å². The van der Waals surface area contributed by atoms with Crippen LogP contribution in [0.25, 0.3) is 0 Å². The maximum absolute atomic E-state index is 9.14. The summed E-state index contributed by atoms with van der Waals surface area (Å²) in [6.07, 6.45) is 0. The van der Waals surface area contributed by atoms with Crippen molar-refractivity contribution < 1.29 is 14.9 Å². The lowest BCUT2D eigenvalue weighted by atomic mass is 9.91. The van der Waals surface area contributed by atoms with E-state index in [1.54, 1.807) is 0 Å². The Morgan fingerprint density at radius 1 is 1.35 bits per heavy atom. The molecule has 0 amide bonds. The van der Waals surface area contributed by atoms with E-state index >= 15 is 0 Å². The number of aliphatic hydroxyl groups excluding tert-OH is 2. The van der Waals surface area contributed by atoms with Crippen LogP contribution < -0.4 is 10.1 Å². The number of hydrogen-bond acceptors (Lipinski definition) is 4. The summed E-state index contributed by atoms with van der Waals surface area (Å²) in [5, 5.41) is 21.6. The minimum atomic E-state index is -0.284. The van der Waals surface area contributed by atoms with Gasteiger partial charge in [-0.1, -0.05) is 25.1 Å². The zero-order valence-electron chi connectivity index (χ0n) is 9.97. The smallest absolute Gasteiger partial charge is 0.124 e. The molecule has 0 spiro atoms. The van der Waals surface area contributed by atoms with E-state index < -0.39 is 0 Å². The lowest BCUT2D eigenvalue weighted by Gasteiger charge is -2.34. The fraction of sp³-hybridized carbons (Fsp3) is 0.538. The molecule has 3 N–H and O–H groups in total. The van der Waals surface area contributed by atoms with Crippen molar-refractivity contribution in [2.75, 3.05) is 19.8 Å². The van der Waals surface area contributed by atoms with Crippen LogP contribution in [0.4, 0.5) is 0 Å².